The second-order valence-electron chi connectivity index (χ2n) is 6.65. The third-order valence-corrected chi connectivity index (χ3v) is 5.13. The van der Waals surface area contributed by atoms with Crippen LogP contribution in [0.3, 0.4) is 0 Å². The van der Waals surface area contributed by atoms with E-state index in [2.05, 4.69) is 26.8 Å². The molecule has 0 amide bonds. The molecule has 0 aromatic carbocycles. The fourth-order valence-electron chi connectivity index (χ4n) is 4.15. The quantitative estimate of drug-likeness (QED) is 0.672. The summed E-state index contributed by atoms with van der Waals surface area (Å²) < 4.78 is 0. The molecular weight excluding hydrogens is 208 g/mol. The molecule has 2 bridgehead atoms. The molecule has 0 heterocycles. The van der Waals surface area contributed by atoms with Crippen LogP contribution in [0, 0.1) is 35.5 Å². The zero-order valence-electron chi connectivity index (χ0n) is 11.6. The molecule has 3 fully saturated rings. The van der Waals surface area contributed by atoms with Gasteiger partial charge >= 0.3 is 0 Å². The molecular formula is C16H26O. The molecule has 17 heavy (non-hydrogen) atoms. The van der Waals surface area contributed by atoms with Gasteiger partial charge in [-0.15, -0.1) is 0 Å². The van der Waals surface area contributed by atoms with Crippen molar-refractivity contribution in [3.63, 3.8) is 0 Å². The van der Waals surface area contributed by atoms with Crippen molar-refractivity contribution in [2.45, 2.75) is 47.0 Å². The number of hydrogen-bond acceptors (Lipinski definition) is 1. The molecule has 3 aliphatic carbocycles. The van der Waals surface area contributed by atoms with Crippen molar-refractivity contribution in [1.82, 2.24) is 0 Å². The van der Waals surface area contributed by atoms with E-state index >= 15 is 0 Å². The number of hydrogen-bond donors (Lipinski definition) is 0. The van der Waals surface area contributed by atoms with Gasteiger partial charge in [0.2, 0.25) is 0 Å². The highest BCUT2D eigenvalue weighted by atomic mass is 16.1. The Morgan fingerprint density at radius 2 is 1.94 bits per heavy atom. The summed E-state index contributed by atoms with van der Waals surface area (Å²) >= 11 is 0. The summed E-state index contributed by atoms with van der Waals surface area (Å²) in [6, 6.07) is 0. The van der Waals surface area contributed by atoms with Crippen LogP contribution in [0.2, 0.25) is 0 Å². The van der Waals surface area contributed by atoms with Crippen LogP contribution >= 0.6 is 0 Å². The lowest BCUT2D eigenvalue weighted by molar-refractivity contribution is -0.112. The molecule has 3 rings (SSSR count). The fourth-order valence-corrected chi connectivity index (χ4v) is 4.15. The SMILES string of the molecule is CC(=O)/C=C/[C@@H]1C[C@H]2C[C@@H](C(C)C)[C@H]1C[C@H]2C. The summed E-state index contributed by atoms with van der Waals surface area (Å²) in [7, 11) is 0. The molecule has 96 valence electrons. The molecule has 0 N–H and O–H groups in total. The van der Waals surface area contributed by atoms with Crippen LogP contribution in [0.25, 0.3) is 0 Å². The lowest BCUT2D eigenvalue weighted by Gasteiger charge is -2.51. The van der Waals surface area contributed by atoms with Crippen LogP contribution in [-0.2, 0) is 4.79 Å². The molecule has 0 spiro atoms. The Balaban J connectivity index is 2.12. The van der Waals surface area contributed by atoms with Gasteiger partial charge in [-0.2, -0.15) is 0 Å². The second kappa shape index (κ2) is 4.96. The summed E-state index contributed by atoms with van der Waals surface area (Å²) in [5.41, 5.74) is 0. The first-order valence-corrected chi connectivity index (χ1v) is 7.17. The van der Waals surface area contributed by atoms with Crippen molar-refractivity contribution in [2.75, 3.05) is 0 Å². The van der Waals surface area contributed by atoms with Crippen molar-refractivity contribution in [2.24, 2.45) is 35.5 Å². The van der Waals surface area contributed by atoms with Crippen LogP contribution in [0.5, 0.6) is 0 Å². The molecule has 0 radical (unpaired) electrons. The minimum Gasteiger partial charge on any atom is -0.295 e. The third kappa shape index (κ3) is 2.64. The maximum atomic E-state index is 11.1. The standard InChI is InChI=1S/C16H26O/c1-10(2)15-9-14-8-13(6-5-12(4)17)16(15)7-11(14)3/h5-6,10-11,13-16H,7-9H2,1-4H3/b6-5+/t11-,13-,14+,15+,16+/m1/s1. The molecule has 1 nitrogen and oxygen atoms in total. The van der Waals surface area contributed by atoms with Gasteiger partial charge in [0, 0.05) is 0 Å². The average Bonchev–Trinajstić information content (AvgIpc) is 2.26. The van der Waals surface area contributed by atoms with Gasteiger partial charge in [-0.3, -0.25) is 4.79 Å². The van der Waals surface area contributed by atoms with E-state index in [4.69, 9.17) is 0 Å². The fraction of sp³-hybridized carbons (Fsp3) is 0.812. The number of rotatable bonds is 3. The molecule has 0 aromatic heterocycles. The highest BCUT2D eigenvalue weighted by Gasteiger charge is 2.45. The Morgan fingerprint density at radius 3 is 2.47 bits per heavy atom. The van der Waals surface area contributed by atoms with E-state index in [0.29, 0.717) is 5.92 Å². The van der Waals surface area contributed by atoms with E-state index in [9.17, 15) is 4.79 Å². The van der Waals surface area contributed by atoms with Gasteiger partial charge in [0.15, 0.2) is 5.78 Å². The van der Waals surface area contributed by atoms with Gasteiger partial charge in [0.1, 0.15) is 0 Å². The Hall–Kier alpha value is -0.590. The van der Waals surface area contributed by atoms with Gasteiger partial charge in [-0.05, 0) is 67.8 Å². The van der Waals surface area contributed by atoms with Crippen molar-refractivity contribution >= 4 is 5.78 Å². The molecule has 1 heteroatoms. The predicted octanol–water partition coefficient (Wildman–Crippen LogP) is 4.09. The zero-order chi connectivity index (χ0) is 12.6. The Morgan fingerprint density at radius 1 is 1.24 bits per heavy atom. The van der Waals surface area contributed by atoms with Crippen LogP contribution in [0.15, 0.2) is 12.2 Å². The minimum atomic E-state index is 0.195. The summed E-state index contributed by atoms with van der Waals surface area (Å²) in [4.78, 5) is 11.1. The second-order valence-corrected chi connectivity index (χ2v) is 6.65. The van der Waals surface area contributed by atoms with Gasteiger partial charge in [0.25, 0.3) is 0 Å². The minimum absolute atomic E-state index is 0.195. The molecule has 5 atom stereocenters. The summed E-state index contributed by atoms with van der Waals surface area (Å²) in [6.07, 6.45) is 8.13. The number of allylic oxidation sites excluding steroid dienone is 2. The van der Waals surface area contributed by atoms with E-state index in [1.54, 1.807) is 13.0 Å². The van der Waals surface area contributed by atoms with E-state index in [0.717, 1.165) is 29.6 Å². The normalized spacial score (nSPS) is 41.4. The summed E-state index contributed by atoms with van der Waals surface area (Å²) in [6.45, 7) is 8.79. The topological polar surface area (TPSA) is 17.1 Å². The molecule has 0 saturated heterocycles. The first kappa shape index (κ1) is 12.9. The van der Waals surface area contributed by atoms with Crippen LogP contribution < -0.4 is 0 Å². The first-order valence-electron chi connectivity index (χ1n) is 7.17. The van der Waals surface area contributed by atoms with Crippen LogP contribution in [0.1, 0.15) is 47.0 Å². The van der Waals surface area contributed by atoms with Crippen molar-refractivity contribution < 1.29 is 4.79 Å². The lowest BCUT2D eigenvalue weighted by atomic mass is 9.54. The van der Waals surface area contributed by atoms with Gasteiger partial charge in [0.05, 0.1) is 0 Å². The molecule has 0 aliphatic heterocycles. The number of carbonyl (C=O) groups is 1. The number of ketones is 1. The highest BCUT2D eigenvalue weighted by Crippen LogP contribution is 2.53. The molecule has 3 saturated carbocycles. The number of carbonyl (C=O) groups excluding carboxylic acids is 1. The largest absolute Gasteiger partial charge is 0.295 e. The van der Waals surface area contributed by atoms with Crippen LogP contribution in [-0.4, -0.2) is 5.78 Å². The maximum absolute atomic E-state index is 11.1. The lowest BCUT2D eigenvalue weighted by Crippen LogP contribution is -2.43. The van der Waals surface area contributed by atoms with Crippen molar-refractivity contribution in [3.05, 3.63) is 12.2 Å². The van der Waals surface area contributed by atoms with Crippen LogP contribution in [0.4, 0.5) is 0 Å². The van der Waals surface area contributed by atoms with Crippen molar-refractivity contribution in [1.29, 1.82) is 0 Å². The van der Waals surface area contributed by atoms with E-state index in [1.165, 1.54) is 19.3 Å². The summed E-state index contributed by atoms with van der Waals surface area (Å²) in [5, 5.41) is 0. The Bertz CT molecular complexity index is 315. The third-order valence-electron chi connectivity index (χ3n) is 5.13. The number of fused-ring (bicyclic) bond motifs is 3. The first-order chi connectivity index (χ1) is 7.99. The Kier molecular flexibility index (Phi) is 3.75. The van der Waals surface area contributed by atoms with E-state index in [-0.39, 0.29) is 5.78 Å². The molecule has 0 unspecified atom stereocenters. The molecule has 0 aromatic rings. The maximum Gasteiger partial charge on any atom is 0.152 e. The predicted molar refractivity (Wildman–Crippen MR) is 71.6 cm³/mol. The molecule has 3 aliphatic rings. The monoisotopic (exact) mass is 234 g/mol. The summed E-state index contributed by atoms with van der Waals surface area (Å²) in [5.74, 6) is 5.16. The van der Waals surface area contributed by atoms with Crippen molar-refractivity contribution in [3.8, 4) is 0 Å². The van der Waals surface area contributed by atoms with E-state index in [1.807, 2.05) is 0 Å². The highest BCUT2D eigenvalue weighted by molar-refractivity contribution is 5.87. The average molecular weight is 234 g/mol. The zero-order valence-corrected chi connectivity index (χ0v) is 11.6. The smallest absolute Gasteiger partial charge is 0.152 e. The Labute approximate surface area is 106 Å². The van der Waals surface area contributed by atoms with Gasteiger partial charge in [-0.25, -0.2) is 0 Å². The van der Waals surface area contributed by atoms with E-state index < -0.39 is 0 Å². The van der Waals surface area contributed by atoms with Gasteiger partial charge in [-0.1, -0.05) is 26.8 Å². The van der Waals surface area contributed by atoms with Gasteiger partial charge < -0.3 is 0 Å².